The number of sulfone groups is 1. The van der Waals surface area contributed by atoms with Crippen molar-refractivity contribution in [1.29, 1.82) is 0 Å². The lowest BCUT2D eigenvalue weighted by Crippen LogP contribution is -2.16. The fourth-order valence-electron chi connectivity index (χ4n) is 8.03. The van der Waals surface area contributed by atoms with Gasteiger partial charge in [-0.3, -0.25) is 22.9 Å². The van der Waals surface area contributed by atoms with Gasteiger partial charge in [0.15, 0.2) is 33.1 Å². The molecule has 3 aromatic heterocycles. The van der Waals surface area contributed by atoms with Gasteiger partial charge < -0.3 is 9.97 Å². The molecule has 26 nitrogen and oxygen atoms in total. The van der Waals surface area contributed by atoms with E-state index in [4.69, 9.17) is 9.54 Å². The topological polar surface area (TPSA) is 416 Å². The normalized spacial score (nSPS) is 13.3. The third kappa shape index (κ3) is 8.71. The molecule has 32 heteroatoms. The molecule has 72 heavy (non-hydrogen) atoms. The van der Waals surface area contributed by atoms with Gasteiger partial charge in [0, 0.05) is 38.4 Å². The van der Waals surface area contributed by atoms with Gasteiger partial charge in [0.25, 0.3) is 40.4 Å². The SMILES string of the molecule is O=S(=O)(O)OCCS(=O)(=O)c1ccc(NS(=O)(=O)c2cccc3c4nc5nc(nc6nc(nc7[nH]c(nc([nH]4)c23)c2cccc(S(=O)(=O)O)c72)-c2cccc(S(=O)(=O)O)c2-6)-c2cccc(S(=O)(=O)O)c2-5)cc1. The lowest BCUT2D eigenvalue weighted by molar-refractivity contribution is 0.284. The van der Waals surface area contributed by atoms with Crippen LogP contribution in [0, 0.1) is 0 Å². The summed E-state index contributed by atoms with van der Waals surface area (Å²) >= 11 is 0. The second kappa shape index (κ2) is 16.7. The summed E-state index contributed by atoms with van der Waals surface area (Å²) in [6.07, 6.45) is 0. The lowest BCUT2D eigenvalue weighted by atomic mass is 10.1. The first-order chi connectivity index (χ1) is 33.7. The van der Waals surface area contributed by atoms with Crippen molar-refractivity contribution in [1.82, 2.24) is 39.9 Å². The van der Waals surface area contributed by atoms with Crippen LogP contribution in [0.4, 0.5) is 5.69 Å². The monoisotopic (exact) mass is 1100 g/mol. The Kier molecular flexibility index (Phi) is 11.2. The number of benzene rings is 5. The molecule has 5 aromatic carbocycles. The molecule has 0 unspecified atom stereocenters. The van der Waals surface area contributed by atoms with Gasteiger partial charge in [0.2, 0.25) is 0 Å². The molecule has 10 rings (SSSR count). The Morgan fingerprint density at radius 1 is 0.458 bits per heavy atom. The highest BCUT2D eigenvalue weighted by molar-refractivity contribution is 7.93. The molecule has 0 spiro atoms. The van der Waals surface area contributed by atoms with Crippen LogP contribution in [-0.4, -0.2) is 121 Å². The second-order valence-electron chi connectivity index (χ2n) is 15.4. The van der Waals surface area contributed by atoms with Gasteiger partial charge in [0.05, 0.1) is 33.3 Å². The van der Waals surface area contributed by atoms with E-state index in [1.807, 2.05) is 0 Å². The molecular formula is C40H27N9O17S6. The minimum atomic E-state index is -5.07. The maximum atomic E-state index is 14.5. The molecule has 0 fully saturated rings. The van der Waals surface area contributed by atoms with E-state index >= 15 is 0 Å². The average Bonchev–Trinajstić information content (AvgIpc) is 4.03. The number of nitrogens with zero attached hydrogens (tertiary/aromatic N) is 6. The lowest BCUT2D eigenvalue weighted by Gasteiger charge is -2.10. The summed E-state index contributed by atoms with van der Waals surface area (Å²) < 4.78 is 200. The maximum absolute atomic E-state index is 14.5. The van der Waals surface area contributed by atoms with Crippen molar-refractivity contribution < 1.29 is 72.9 Å². The zero-order valence-corrected chi connectivity index (χ0v) is 40.3. The molecule has 0 radical (unpaired) electrons. The van der Waals surface area contributed by atoms with Crippen molar-refractivity contribution in [2.45, 2.75) is 24.5 Å². The minimum absolute atomic E-state index is 0.0291. The van der Waals surface area contributed by atoms with Crippen LogP contribution in [0.2, 0.25) is 0 Å². The highest BCUT2D eigenvalue weighted by atomic mass is 32.3. The van der Waals surface area contributed by atoms with Gasteiger partial charge in [-0.05, 0) is 48.5 Å². The Hall–Kier alpha value is -7.24. The number of hydrogen-bond acceptors (Lipinski definition) is 19. The quantitative estimate of drug-likeness (QED) is 0.0900. The van der Waals surface area contributed by atoms with Crippen LogP contribution in [0.1, 0.15) is 0 Å². The van der Waals surface area contributed by atoms with Gasteiger partial charge in [0.1, 0.15) is 37.3 Å². The van der Waals surface area contributed by atoms with Crippen LogP contribution < -0.4 is 4.72 Å². The van der Waals surface area contributed by atoms with E-state index in [-0.39, 0.29) is 88.6 Å². The number of H-pyrrole nitrogens is 2. The fraction of sp³-hybridized carbons (Fsp3) is 0.0500. The largest absolute Gasteiger partial charge is 0.397 e. The average molecular weight is 1100 g/mol. The Morgan fingerprint density at radius 2 is 0.889 bits per heavy atom. The maximum Gasteiger partial charge on any atom is 0.397 e. The molecule has 2 aliphatic rings. The Morgan fingerprint density at radius 3 is 1.42 bits per heavy atom. The number of rotatable bonds is 11. The zero-order valence-electron chi connectivity index (χ0n) is 35.4. The van der Waals surface area contributed by atoms with E-state index in [9.17, 15) is 64.2 Å². The zero-order chi connectivity index (χ0) is 51.5. The third-order valence-corrected chi connectivity index (χ3v) is 17.2. The summed E-state index contributed by atoms with van der Waals surface area (Å²) in [6.45, 7) is -0.923. The second-order valence-corrected chi connectivity index (χ2v) is 24.5. The Bertz CT molecular complexity index is 4610. The molecule has 0 aliphatic carbocycles. The van der Waals surface area contributed by atoms with Gasteiger partial charge in [-0.15, -0.1) is 0 Å². The number of nitrogens with one attached hydrogen (secondary N) is 3. The van der Waals surface area contributed by atoms with E-state index in [1.54, 1.807) is 0 Å². The first-order valence-corrected chi connectivity index (χ1v) is 28.8. The summed E-state index contributed by atoms with van der Waals surface area (Å²) in [5.41, 5.74) is -2.13. The van der Waals surface area contributed by atoms with Crippen molar-refractivity contribution in [3.8, 4) is 45.6 Å². The van der Waals surface area contributed by atoms with Crippen molar-refractivity contribution in [3.63, 3.8) is 0 Å². The van der Waals surface area contributed by atoms with Gasteiger partial charge >= 0.3 is 10.4 Å². The summed E-state index contributed by atoms with van der Waals surface area (Å²) in [6, 6.07) is 19.0. The molecule has 370 valence electrons. The highest BCUT2D eigenvalue weighted by Crippen LogP contribution is 2.43. The summed E-state index contributed by atoms with van der Waals surface area (Å²) in [4.78, 5) is 30.1. The van der Waals surface area contributed by atoms with Crippen LogP contribution in [0.25, 0.3) is 89.7 Å². The van der Waals surface area contributed by atoms with E-state index in [1.165, 1.54) is 48.5 Å². The number of hydrogen-bond donors (Lipinski definition) is 7. The number of anilines is 1. The van der Waals surface area contributed by atoms with E-state index in [0.717, 1.165) is 48.5 Å². The number of aromatic nitrogens is 8. The van der Waals surface area contributed by atoms with Crippen molar-refractivity contribution in [3.05, 3.63) is 97.1 Å². The van der Waals surface area contributed by atoms with Crippen molar-refractivity contribution >= 4 is 110 Å². The van der Waals surface area contributed by atoms with Gasteiger partial charge in [-0.1, -0.05) is 48.5 Å². The van der Waals surface area contributed by atoms with Gasteiger partial charge in [-0.25, -0.2) is 50.9 Å². The third-order valence-electron chi connectivity index (χ3n) is 11.0. The van der Waals surface area contributed by atoms with Crippen LogP contribution in [0.15, 0.2) is 122 Å². The summed E-state index contributed by atoms with van der Waals surface area (Å²) in [7, 11) is -29.1. The van der Waals surface area contributed by atoms with Crippen molar-refractivity contribution in [2.24, 2.45) is 0 Å². The number of aromatic amines is 2. The molecule has 0 saturated heterocycles. The fourth-order valence-corrected chi connectivity index (χ4v) is 12.9. The molecule has 8 bridgehead atoms. The molecule has 0 saturated carbocycles. The highest BCUT2D eigenvalue weighted by Gasteiger charge is 2.32. The van der Waals surface area contributed by atoms with E-state index < -0.39 is 104 Å². The molecular weight excluding hydrogens is 1070 g/mol. The Labute approximate surface area is 405 Å². The smallest absolute Gasteiger partial charge is 0.324 e. The first-order valence-electron chi connectivity index (χ1n) is 19.9. The molecule has 0 atom stereocenters. The predicted molar refractivity (Wildman–Crippen MR) is 252 cm³/mol. The summed E-state index contributed by atoms with van der Waals surface area (Å²) in [5.74, 6) is -2.49. The molecule has 8 aromatic rings. The standard InChI is InChI=1S/C40H27N9O17S6/c50-67(51,18-17-66-72(63,64)65)20-15-13-19(14-16-20)49-68(52,53)25-9-1-5-21-29(25)37-41-33(21)43-38-31-23(7-3-11-27(31)70(57,58)59)35(45-38)47-40-32-24(8-4-12-28(32)71(60,61)62)36(48-40)46-39-30-22(34(42-37)44-39)6-2-10-26(30)69(54,55)56/h1-16,49H,17-18H2,(H,54,55,56)(H,57,58,59)(H,60,61,62)(H,63,64,65)(H2,41,42,43,44,45,46,47,48). The van der Waals surface area contributed by atoms with E-state index in [2.05, 4.69) is 43.8 Å². The van der Waals surface area contributed by atoms with Crippen LogP contribution in [0.5, 0.6) is 0 Å². The van der Waals surface area contributed by atoms with Crippen LogP contribution >= 0.6 is 0 Å². The van der Waals surface area contributed by atoms with E-state index in [0.29, 0.717) is 0 Å². The number of sulfonamides is 1. The molecule has 5 heterocycles. The first kappa shape index (κ1) is 48.4. The minimum Gasteiger partial charge on any atom is -0.324 e. The molecule has 7 N–H and O–H groups in total. The summed E-state index contributed by atoms with van der Waals surface area (Å²) in [5, 5.41) is -0.558. The van der Waals surface area contributed by atoms with Crippen molar-refractivity contribution in [2.75, 3.05) is 17.1 Å². The van der Waals surface area contributed by atoms with Gasteiger partial charge in [-0.2, -0.15) is 33.7 Å². The molecule has 2 aliphatic heterocycles. The number of fused-ring (bicyclic) bond motifs is 20. The molecule has 0 amide bonds. The van der Waals surface area contributed by atoms with Crippen LogP contribution in [-0.2, 0) is 64.8 Å². The predicted octanol–water partition coefficient (Wildman–Crippen LogP) is 4.00. The Balaban J connectivity index is 1.29. The van der Waals surface area contributed by atoms with Crippen LogP contribution in [0.3, 0.4) is 0 Å².